The minimum absolute atomic E-state index is 0.0208. The van der Waals surface area contributed by atoms with Gasteiger partial charge in [-0.25, -0.2) is 0 Å². The Balaban J connectivity index is 1.36. The van der Waals surface area contributed by atoms with Crippen LogP contribution in [0.25, 0.3) is 0 Å². The number of hydrogen-bond donors (Lipinski definition) is 0. The molecular weight excluding hydrogens is 310 g/mol. The zero-order valence-corrected chi connectivity index (χ0v) is 13.9. The van der Waals surface area contributed by atoms with Crippen molar-refractivity contribution in [2.45, 2.75) is 43.1 Å². The van der Waals surface area contributed by atoms with Gasteiger partial charge in [-0.2, -0.15) is 4.98 Å². The van der Waals surface area contributed by atoms with Crippen molar-refractivity contribution in [1.82, 2.24) is 10.1 Å². The third kappa shape index (κ3) is 3.13. The van der Waals surface area contributed by atoms with Crippen LogP contribution in [-0.2, 0) is 10.5 Å². The molecule has 1 saturated carbocycles. The third-order valence-corrected chi connectivity index (χ3v) is 5.59. The van der Waals surface area contributed by atoms with Crippen molar-refractivity contribution in [3.8, 4) is 0 Å². The van der Waals surface area contributed by atoms with Gasteiger partial charge in [0.2, 0.25) is 11.8 Å². The summed E-state index contributed by atoms with van der Waals surface area (Å²) in [4.78, 5) is 18.9. The van der Waals surface area contributed by atoms with Crippen LogP contribution in [0.3, 0.4) is 0 Å². The largest absolute Gasteiger partial charge is 0.338 e. The molecule has 2 fully saturated rings. The maximum Gasteiger partial charge on any atom is 0.240 e. The molecule has 0 unspecified atom stereocenters. The lowest BCUT2D eigenvalue weighted by atomic mass is 10.2. The molecule has 5 nitrogen and oxygen atoms in total. The molecule has 1 aromatic carbocycles. The lowest BCUT2D eigenvalue weighted by Crippen LogP contribution is -2.28. The predicted octanol–water partition coefficient (Wildman–Crippen LogP) is 3.29. The number of aromatic nitrogens is 2. The number of aryl methyl sites for hydroxylation is 1. The number of rotatable bonds is 5. The fraction of sp³-hybridized carbons (Fsp3) is 0.471. The Bertz CT molecular complexity index is 709. The highest BCUT2D eigenvalue weighted by molar-refractivity contribution is 7.99. The first kappa shape index (κ1) is 14.8. The van der Waals surface area contributed by atoms with Crippen LogP contribution in [0.4, 0.5) is 5.69 Å². The van der Waals surface area contributed by atoms with E-state index in [0.717, 1.165) is 24.5 Å². The predicted molar refractivity (Wildman–Crippen MR) is 89.5 cm³/mol. The van der Waals surface area contributed by atoms with Gasteiger partial charge in [0.1, 0.15) is 0 Å². The number of hydrogen-bond acceptors (Lipinski definition) is 5. The molecule has 1 atom stereocenters. The van der Waals surface area contributed by atoms with Gasteiger partial charge >= 0.3 is 0 Å². The molecule has 23 heavy (non-hydrogen) atoms. The Morgan fingerprint density at radius 2 is 2.04 bits per heavy atom. The number of nitrogens with zero attached hydrogens (tertiary/aromatic N) is 3. The lowest BCUT2D eigenvalue weighted by molar-refractivity contribution is -0.116. The molecule has 1 aromatic heterocycles. The van der Waals surface area contributed by atoms with Gasteiger partial charge in [-0.05, 0) is 38.3 Å². The fourth-order valence-corrected chi connectivity index (χ4v) is 3.80. The Morgan fingerprint density at radius 1 is 1.26 bits per heavy atom. The topological polar surface area (TPSA) is 59.2 Å². The number of carbonyl (C=O) groups is 1. The molecule has 1 amide bonds. The van der Waals surface area contributed by atoms with Crippen molar-refractivity contribution < 1.29 is 9.32 Å². The van der Waals surface area contributed by atoms with E-state index in [9.17, 15) is 4.79 Å². The van der Waals surface area contributed by atoms with E-state index >= 15 is 0 Å². The zero-order chi connectivity index (χ0) is 15.8. The monoisotopic (exact) mass is 329 g/mol. The van der Waals surface area contributed by atoms with E-state index in [1.54, 1.807) is 11.8 Å². The number of thioether (sulfide) groups is 1. The molecule has 6 heteroatoms. The molecular formula is C17H19N3O2S. The summed E-state index contributed by atoms with van der Waals surface area (Å²) in [5, 5.41) is 4.00. The van der Waals surface area contributed by atoms with Gasteiger partial charge in [-0.1, -0.05) is 22.9 Å². The second-order valence-electron chi connectivity index (χ2n) is 6.23. The molecule has 0 radical (unpaired) electrons. The van der Waals surface area contributed by atoms with Crippen LogP contribution in [0.15, 0.2) is 28.8 Å². The summed E-state index contributed by atoms with van der Waals surface area (Å²) < 4.78 is 5.28. The van der Waals surface area contributed by atoms with Crippen LogP contribution >= 0.6 is 11.8 Å². The normalized spacial score (nSPS) is 21.2. The van der Waals surface area contributed by atoms with Crippen molar-refractivity contribution >= 4 is 23.4 Å². The number of amides is 1. The molecule has 120 valence electrons. The summed E-state index contributed by atoms with van der Waals surface area (Å²) >= 11 is 1.60. The lowest BCUT2D eigenvalue weighted by Gasteiger charge is -2.16. The molecule has 0 spiro atoms. The second kappa shape index (κ2) is 6.00. The van der Waals surface area contributed by atoms with Gasteiger partial charge in [0.05, 0.1) is 11.0 Å². The average Bonchev–Trinajstić information content (AvgIpc) is 3.19. The standard InChI is InChI=1S/C17H19N3O2S/c1-11-2-6-13(7-3-11)20-9-8-14(17(20)21)23-10-15-18-16(19-22-15)12-4-5-12/h2-3,6-7,12,14H,4-5,8-10H2,1H3/t14-/m1/s1. The van der Waals surface area contributed by atoms with Crippen LogP contribution in [0, 0.1) is 6.92 Å². The van der Waals surface area contributed by atoms with E-state index in [2.05, 4.69) is 17.1 Å². The molecule has 2 aromatic rings. The molecule has 1 aliphatic heterocycles. The Kier molecular flexibility index (Phi) is 3.85. The van der Waals surface area contributed by atoms with Gasteiger partial charge in [-0.3, -0.25) is 4.79 Å². The third-order valence-electron chi connectivity index (χ3n) is 4.34. The zero-order valence-electron chi connectivity index (χ0n) is 13.1. The van der Waals surface area contributed by atoms with Crippen molar-refractivity contribution in [2.24, 2.45) is 0 Å². The van der Waals surface area contributed by atoms with Gasteiger partial charge in [0.25, 0.3) is 0 Å². The van der Waals surface area contributed by atoms with Crippen LogP contribution in [0.1, 0.15) is 42.5 Å². The number of benzene rings is 1. The molecule has 4 rings (SSSR count). The smallest absolute Gasteiger partial charge is 0.240 e. The molecule has 1 saturated heterocycles. The first-order valence-corrected chi connectivity index (χ1v) is 9.08. The minimum atomic E-state index is -0.0208. The van der Waals surface area contributed by atoms with E-state index in [0.29, 0.717) is 17.6 Å². The summed E-state index contributed by atoms with van der Waals surface area (Å²) in [6.07, 6.45) is 3.19. The van der Waals surface area contributed by atoms with E-state index in [1.165, 1.54) is 18.4 Å². The fourth-order valence-electron chi connectivity index (χ4n) is 2.80. The van der Waals surface area contributed by atoms with Crippen molar-refractivity contribution in [3.63, 3.8) is 0 Å². The first-order valence-electron chi connectivity index (χ1n) is 8.03. The van der Waals surface area contributed by atoms with Crippen molar-refractivity contribution in [2.75, 3.05) is 11.4 Å². The van der Waals surface area contributed by atoms with Gasteiger partial charge < -0.3 is 9.42 Å². The maximum absolute atomic E-state index is 12.6. The average molecular weight is 329 g/mol. The second-order valence-corrected chi connectivity index (χ2v) is 7.43. The van der Waals surface area contributed by atoms with Crippen LogP contribution in [-0.4, -0.2) is 27.8 Å². The summed E-state index contributed by atoms with van der Waals surface area (Å²) in [5.41, 5.74) is 2.19. The van der Waals surface area contributed by atoms with Crippen LogP contribution in [0.5, 0.6) is 0 Å². The van der Waals surface area contributed by atoms with E-state index in [-0.39, 0.29) is 11.2 Å². The number of carbonyl (C=O) groups excluding carboxylic acids is 1. The first-order chi connectivity index (χ1) is 11.2. The van der Waals surface area contributed by atoms with Crippen molar-refractivity contribution in [1.29, 1.82) is 0 Å². The summed E-state index contributed by atoms with van der Waals surface area (Å²) in [7, 11) is 0. The summed E-state index contributed by atoms with van der Waals surface area (Å²) in [5.74, 6) is 2.76. The van der Waals surface area contributed by atoms with E-state index in [4.69, 9.17) is 4.52 Å². The Morgan fingerprint density at radius 3 is 2.78 bits per heavy atom. The molecule has 0 bridgehead atoms. The molecule has 2 aliphatic rings. The van der Waals surface area contributed by atoms with Crippen molar-refractivity contribution in [3.05, 3.63) is 41.5 Å². The maximum atomic E-state index is 12.6. The summed E-state index contributed by atoms with van der Waals surface area (Å²) in [6, 6.07) is 8.11. The highest BCUT2D eigenvalue weighted by Gasteiger charge is 2.33. The van der Waals surface area contributed by atoms with Gasteiger partial charge in [0.15, 0.2) is 5.82 Å². The van der Waals surface area contributed by atoms with Crippen LogP contribution < -0.4 is 4.90 Å². The van der Waals surface area contributed by atoms with E-state index < -0.39 is 0 Å². The Hall–Kier alpha value is -1.82. The Labute approximate surface area is 139 Å². The van der Waals surface area contributed by atoms with Crippen LogP contribution in [0.2, 0.25) is 0 Å². The highest BCUT2D eigenvalue weighted by atomic mass is 32.2. The van der Waals surface area contributed by atoms with Gasteiger partial charge in [0, 0.05) is 18.2 Å². The molecule has 0 N–H and O–H groups in total. The minimum Gasteiger partial charge on any atom is -0.338 e. The molecule has 1 aliphatic carbocycles. The van der Waals surface area contributed by atoms with E-state index in [1.807, 2.05) is 29.2 Å². The quantitative estimate of drug-likeness (QED) is 0.842. The number of anilines is 1. The highest BCUT2D eigenvalue weighted by Crippen LogP contribution is 2.38. The van der Waals surface area contributed by atoms with Gasteiger partial charge in [-0.15, -0.1) is 11.8 Å². The summed E-state index contributed by atoms with van der Waals surface area (Å²) in [6.45, 7) is 2.82. The SMILES string of the molecule is Cc1ccc(N2CC[C@@H](SCc3nc(C4CC4)no3)C2=O)cc1. The molecule has 2 heterocycles.